The van der Waals surface area contributed by atoms with Crippen LogP contribution in [0.2, 0.25) is 0 Å². The number of anilines is 1. The molecule has 0 aliphatic heterocycles. The molecular weight excluding hydrogens is 414 g/mol. The van der Waals surface area contributed by atoms with Gasteiger partial charge in [0.15, 0.2) is 0 Å². The standard InChI is InChI=1S/C19H23N3O7S/c1-13(17-11-16(28-2)8-9-18(17)29-3)20-19(23)12-21(30(4,26)27)14-6-5-7-15(10-14)22(24)25/h5-11,13H,12H2,1-4H3,(H,20,23)/t13-/m1/s1. The number of benzene rings is 2. The third kappa shape index (κ3) is 5.60. The first kappa shape index (κ1) is 22.9. The van der Waals surface area contributed by atoms with Crippen molar-refractivity contribution >= 4 is 27.3 Å². The van der Waals surface area contributed by atoms with Crippen molar-refractivity contribution in [3.05, 3.63) is 58.1 Å². The fourth-order valence-corrected chi connectivity index (χ4v) is 3.68. The smallest absolute Gasteiger partial charge is 0.271 e. The van der Waals surface area contributed by atoms with Crippen molar-refractivity contribution < 1.29 is 27.6 Å². The molecule has 1 N–H and O–H groups in total. The largest absolute Gasteiger partial charge is 0.497 e. The maximum atomic E-state index is 12.6. The van der Waals surface area contributed by atoms with Crippen LogP contribution in [-0.4, -0.2) is 46.3 Å². The van der Waals surface area contributed by atoms with Gasteiger partial charge in [-0.05, 0) is 31.2 Å². The topological polar surface area (TPSA) is 128 Å². The van der Waals surface area contributed by atoms with Crippen LogP contribution in [0, 0.1) is 10.1 Å². The normalized spacial score (nSPS) is 12.0. The van der Waals surface area contributed by atoms with E-state index in [-0.39, 0.29) is 11.4 Å². The first-order chi connectivity index (χ1) is 14.1. The molecule has 0 bridgehead atoms. The maximum Gasteiger partial charge on any atom is 0.271 e. The first-order valence-electron chi connectivity index (χ1n) is 8.80. The summed E-state index contributed by atoms with van der Waals surface area (Å²) in [4.78, 5) is 23.0. The predicted octanol–water partition coefficient (Wildman–Crippen LogP) is 2.26. The summed E-state index contributed by atoms with van der Waals surface area (Å²) >= 11 is 0. The molecule has 0 aromatic heterocycles. The van der Waals surface area contributed by atoms with Gasteiger partial charge in [-0.2, -0.15) is 0 Å². The molecule has 0 radical (unpaired) electrons. The van der Waals surface area contributed by atoms with E-state index in [1.807, 2.05) is 0 Å². The number of nitrogens with zero attached hydrogens (tertiary/aromatic N) is 2. The average Bonchev–Trinajstić information content (AvgIpc) is 2.70. The number of hydrogen-bond donors (Lipinski definition) is 1. The second kappa shape index (κ2) is 9.44. The lowest BCUT2D eigenvalue weighted by Gasteiger charge is -2.23. The maximum absolute atomic E-state index is 12.6. The second-order valence-electron chi connectivity index (χ2n) is 6.44. The van der Waals surface area contributed by atoms with Crippen LogP contribution < -0.4 is 19.1 Å². The Balaban J connectivity index is 2.25. The first-order valence-corrected chi connectivity index (χ1v) is 10.6. The van der Waals surface area contributed by atoms with Crippen LogP contribution in [0.25, 0.3) is 0 Å². The number of nitro groups is 1. The summed E-state index contributed by atoms with van der Waals surface area (Å²) in [7, 11) is -0.869. The Morgan fingerprint density at radius 2 is 1.90 bits per heavy atom. The predicted molar refractivity (Wildman–Crippen MR) is 111 cm³/mol. The molecule has 11 heteroatoms. The lowest BCUT2D eigenvalue weighted by atomic mass is 10.1. The summed E-state index contributed by atoms with van der Waals surface area (Å²) in [6.45, 7) is 1.17. The summed E-state index contributed by atoms with van der Waals surface area (Å²) in [5.74, 6) is 0.507. The minimum absolute atomic E-state index is 0.0217. The lowest BCUT2D eigenvalue weighted by Crippen LogP contribution is -2.41. The molecule has 0 heterocycles. The number of carbonyl (C=O) groups excluding carboxylic acids is 1. The van der Waals surface area contributed by atoms with Crippen LogP contribution in [-0.2, 0) is 14.8 Å². The monoisotopic (exact) mass is 437 g/mol. The second-order valence-corrected chi connectivity index (χ2v) is 8.35. The average molecular weight is 437 g/mol. The van der Waals surface area contributed by atoms with Crippen LogP contribution >= 0.6 is 0 Å². The Hall–Kier alpha value is -3.34. The Morgan fingerprint density at radius 3 is 2.47 bits per heavy atom. The number of sulfonamides is 1. The quantitative estimate of drug-likeness (QED) is 0.471. The number of nitro benzene ring substituents is 1. The molecule has 30 heavy (non-hydrogen) atoms. The molecule has 10 nitrogen and oxygen atoms in total. The molecule has 0 aliphatic carbocycles. The van der Waals surface area contributed by atoms with Crippen molar-refractivity contribution in [3.8, 4) is 11.5 Å². The Kier molecular flexibility index (Phi) is 7.22. The molecule has 162 valence electrons. The molecule has 2 aromatic carbocycles. The number of nitrogens with one attached hydrogen (secondary N) is 1. The van der Waals surface area contributed by atoms with Crippen LogP contribution in [0.15, 0.2) is 42.5 Å². The van der Waals surface area contributed by atoms with Gasteiger partial charge in [-0.3, -0.25) is 19.2 Å². The molecular formula is C19H23N3O7S. The van der Waals surface area contributed by atoms with Crippen molar-refractivity contribution in [1.82, 2.24) is 5.32 Å². The van der Waals surface area contributed by atoms with Gasteiger partial charge in [0.1, 0.15) is 18.0 Å². The van der Waals surface area contributed by atoms with Gasteiger partial charge in [0.2, 0.25) is 15.9 Å². The summed E-state index contributed by atoms with van der Waals surface area (Å²) in [5.41, 5.74) is 0.385. The zero-order chi connectivity index (χ0) is 22.5. The van der Waals surface area contributed by atoms with E-state index in [4.69, 9.17) is 9.47 Å². The lowest BCUT2D eigenvalue weighted by molar-refractivity contribution is -0.384. The molecule has 0 saturated carbocycles. The van der Waals surface area contributed by atoms with Gasteiger partial charge in [0.25, 0.3) is 5.69 Å². The van der Waals surface area contributed by atoms with Gasteiger partial charge in [0.05, 0.1) is 37.1 Å². The minimum atomic E-state index is -3.87. The van der Waals surface area contributed by atoms with Crippen LogP contribution in [0.3, 0.4) is 0 Å². The molecule has 2 aromatic rings. The molecule has 0 aliphatic rings. The molecule has 0 saturated heterocycles. The molecule has 2 rings (SSSR count). The van der Waals surface area contributed by atoms with Crippen molar-refractivity contribution in [1.29, 1.82) is 0 Å². The Morgan fingerprint density at radius 1 is 1.20 bits per heavy atom. The van der Waals surface area contributed by atoms with E-state index in [1.54, 1.807) is 25.1 Å². The van der Waals surface area contributed by atoms with E-state index >= 15 is 0 Å². The SMILES string of the molecule is COc1ccc(OC)c([C@@H](C)NC(=O)CN(c2cccc([N+](=O)[O-])c2)S(C)(=O)=O)c1. The van der Waals surface area contributed by atoms with Gasteiger partial charge in [-0.25, -0.2) is 8.42 Å². The third-order valence-electron chi connectivity index (χ3n) is 4.30. The van der Waals surface area contributed by atoms with Gasteiger partial charge in [-0.15, -0.1) is 0 Å². The molecule has 0 spiro atoms. The van der Waals surface area contributed by atoms with E-state index in [0.717, 1.165) is 16.6 Å². The van der Waals surface area contributed by atoms with E-state index in [0.29, 0.717) is 17.1 Å². The van der Waals surface area contributed by atoms with Gasteiger partial charge < -0.3 is 14.8 Å². The summed E-state index contributed by atoms with van der Waals surface area (Å²) < 4.78 is 35.8. The fraction of sp³-hybridized carbons (Fsp3) is 0.316. The van der Waals surface area contributed by atoms with E-state index < -0.39 is 33.4 Å². The molecule has 0 unspecified atom stereocenters. The number of methoxy groups -OCH3 is 2. The minimum Gasteiger partial charge on any atom is -0.497 e. The van der Waals surface area contributed by atoms with Gasteiger partial charge in [0, 0.05) is 17.7 Å². The van der Waals surface area contributed by atoms with Crippen molar-refractivity contribution in [2.45, 2.75) is 13.0 Å². The molecule has 0 fully saturated rings. The fourth-order valence-electron chi connectivity index (χ4n) is 2.83. The Labute approximate surface area is 174 Å². The highest BCUT2D eigenvalue weighted by molar-refractivity contribution is 7.92. The summed E-state index contributed by atoms with van der Waals surface area (Å²) in [6, 6.07) is 9.67. The highest BCUT2D eigenvalue weighted by atomic mass is 32.2. The van der Waals surface area contributed by atoms with Gasteiger partial charge >= 0.3 is 0 Å². The van der Waals surface area contributed by atoms with Crippen molar-refractivity contribution in [3.63, 3.8) is 0 Å². The van der Waals surface area contributed by atoms with Crippen molar-refractivity contribution in [2.75, 3.05) is 31.3 Å². The highest BCUT2D eigenvalue weighted by Gasteiger charge is 2.24. The van der Waals surface area contributed by atoms with Crippen LogP contribution in [0.4, 0.5) is 11.4 Å². The number of ether oxygens (including phenoxy) is 2. The number of rotatable bonds is 9. The Bertz CT molecular complexity index is 1040. The summed E-state index contributed by atoms with van der Waals surface area (Å²) in [5, 5.41) is 13.7. The zero-order valence-electron chi connectivity index (χ0n) is 17.0. The van der Waals surface area contributed by atoms with E-state index in [9.17, 15) is 23.3 Å². The number of carbonyl (C=O) groups is 1. The zero-order valence-corrected chi connectivity index (χ0v) is 17.8. The van der Waals surface area contributed by atoms with Crippen LogP contribution in [0.5, 0.6) is 11.5 Å². The number of non-ortho nitro benzene ring substituents is 1. The number of amides is 1. The summed E-state index contributed by atoms with van der Waals surface area (Å²) in [6.07, 6.45) is 0.924. The van der Waals surface area contributed by atoms with Crippen LogP contribution in [0.1, 0.15) is 18.5 Å². The molecule has 1 amide bonds. The van der Waals surface area contributed by atoms with Gasteiger partial charge in [-0.1, -0.05) is 6.07 Å². The molecule has 1 atom stereocenters. The van der Waals surface area contributed by atoms with E-state index in [2.05, 4.69) is 5.32 Å². The number of hydrogen-bond acceptors (Lipinski definition) is 7. The van der Waals surface area contributed by atoms with Crippen molar-refractivity contribution in [2.24, 2.45) is 0 Å². The highest BCUT2D eigenvalue weighted by Crippen LogP contribution is 2.29. The third-order valence-corrected chi connectivity index (χ3v) is 5.44. The van der Waals surface area contributed by atoms with E-state index in [1.165, 1.54) is 32.4 Å².